The topological polar surface area (TPSA) is 20.3 Å². The molecule has 0 aliphatic rings. The zero-order valence-corrected chi connectivity index (χ0v) is 12.4. The van der Waals surface area contributed by atoms with Crippen LogP contribution in [0.3, 0.4) is 0 Å². The van der Waals surface area contributed by atoms with E-state index in [1.54, 1.807) is 0 Å². The number of ketones is 1. The van der Waals surface area contributed by atoms with Gasteiger partial charge in [-0.05, 0) is 26.5 Å². The fraction of sp³-hybridized carbons (Fsp3) is 0.562. The predicted octanol–water partition coefficient (Wildman–Crippen LogP) is 3.68. The highest BCUT2D eigenvalue weighted by molar-refractivity contribution is 5.89. The molecular weight excluding hydrogens is 222 g/mol. The summed E-state index contributed by atoms with van der Waals surface area (Å²) in [4.78, 5) is 14.8. The molecule has 0 bridgehead atoms. The van der Waals surface area contributed by atoms with Crippen molar-refractivity contribution >= 4 is 5.78 Å². The minimum absolute atomic E-state index is 0.161. The van der Waals surface area contributed by atoms with Gasteiger partial charge in [-0.3, -0.25) is 9.69 Å². The number of benzene rings is 1. The van der Waals surface area contributed by atoms with Crippen LogP contribution in [-0.2, 0) is 4.79 Å². The maximum absolute atomic E-state index is 12.7. The van der Waals surface area contributed by atoms with E-state index < -0.39 is 0 Å². The number of nitrogens with zero attached hydrogens (tertiary/aromatic N) is 1. The molecule has 2 nitrogen and oxygen atoms in total. The Labute approximate surface area is 111 Å². The summed E-state index contributed by atoms with van der Waals surface area (Å²) in [5, 5.41) is 0. The van der Waals surface area contributed by atoms with E-state index in [0.29, 0.717) is 6.04 Å². The number of rotatable bonds is 4. The van der Waals surface area contributed by atoms with Crippen molar-refractivity contribution in [2.45, 2.75) is 46.7 Å². The number of hydrogen-bond donors (Lipinski definition) is 0. The van der Waals surface area contributed by atoms with Crippen molar-refractivity contribution in [3.05, 3.63) is 35.9 Å². The summed E-state index contributed by atoms with van der Waals surface area (Å²) in [7, 11) is 2.02. The Balaban J connectivity index is 3.16. The number of carbonyl (C=O) groups is 1. The van der Waals surface area contributed by atoms with E-state index in [0.717, 1.165) is 5.56 Å². The van der Waals surface area contributed by atoms with Crippen LogP contribution in [0.15, 0.2) is 30.3 Å². The van der Waals surface area contributed by atoms with Crippen LogP contribution in [0, 0.1) is 5.41 Å². The average Bonchev–Trinajstić information content (AvgIpc) is 2.29. The van der Waals surface area contributed by atoms with Gasteiger partial charge < -0.3 is 0 Å². The molecule has 0 N–H and O–H groups in total. The molecule has 0 amide bonds. The lowest BCUT2D eigenvalue weighted by Crippen LogP contribution is -2.40. The van der Waals surface area contributed by atoms with E-state index in [-0.39, 0.29) is 17.2 Å². The van der Waals surface area contributed by atoms with Crippen LogP contribution in [0.4, 0.5) is 0 Å². The third-order valence-corrected chi connectivity index (χ3v) is 3.32. The van der Waals surface area contributed by atoms with Crippen LogP contribution in [0.5, 0.6) is 0 Å². The Bertz CT molecular complexity index is 389. The minimum atomic E-state index is -0.330. The van der Waals surface area contributed by atoms with E-state index in [1.807, 2.05) is 58.2 Å². The summed E-state index contributed by atoms with van der Waals surface area (Å²) in [6.45, 7) is 10.2. The first kappa shape index (κ1) is 14.9. The highest BCUT2D eigenvalue weighted by atomic mass is 16.1. The number of carbonyl (C=O) groups excluding carboxylic acids is 1. The lowest BCUT2D eigenvalue weighted by Gasteiger charge is -2.34. The third-order valence-electron chi connectivity index (χ3n) is 3.32. The van der Waals surface area contributed by atoms with Gasteiger partial charge in [0.15, 0.2) is 5.78 Å². The van der Waals surface area contributed by atoms with Crippen molar-refractivity contribution in [2.24, 2.45) is 5.41 Å². The van der Waals surface area contributed by atoms with Gasteiger partial charge in [0.05, 0.1) is 6.04 Å². The fourth-order valence-corrected chi connectivity index (χ4v) is 1.92. The van der Waals surface area contributed by atoms with Crippen molar-refractivity contribution < 1.29 is 4.79 Å². The van der Waals surface area contributed by atoms with Crippen LogP contribution < -0.4 is 0 Å². The minimum Gasteiger partial charge on any atom is -0.297 e. The number of Topliss-reactive ketones (excluding diaryl/α,β-unsaturated/α-hetero) is 1. The lowest BCUT2D eigenvalue weighted by atomic mass is 9.83. The van der Waals surface area contributed by atoms with Gasteiger partial charge in [-0.15, -0.1) is 0 Å². The van der Waals surface area contributed by atoms with Gasteiger partial charge in [-0.25, -0.2) is 0 Å². The molecule has 0 aliphatic heterocycles. The molecule has 1 rings (SSSR count). The highest BCUT2D eigenvalue weighted by Crippen LogP contribution is 2.30. The van der Waals surface area contributed by atoms with Crippen LogP contribution in [0.25, 0.3) is 0 Å². The van der Waals surface area contributed by atoms with E-state index >= 15 is 0 Å². The first-order chi connectivity index (χ1) is 8.25. The lowest BCUT2D eigenvalue weighted by molar-refractivity contribution is -0.132. The van der Waals surface area contributed by atoms with Gasteiger partial charge in [-0.1, -0.05) is 51.1 Å². The van der Waals surface area contributed by atoms with Gasteiger partial charge >= 0.3 is 0 Å². The summed E-state index contributed by atoms with van der Waals surface area (Å²) in [5.74, 6) is 0.268. The molecule has 1 aromatic rings. The Morgan fingerprint density at radius 2 is 1.61 bits per heavy atom. The zero-order valence-electron chi connectivity index (χ0n) is 12.4. The van der Waals surface area contributed by atoms with E-state index in [1.165, 1.54) is 0 Å². The van der Waals surface area contributed by atoms with Crippen molar-refractivity contribution in [1.29, 1.82) is 0 Å². The molecule has 0 radical (unpaired) electrons. The molecular formula is C16H25NO. The summed E-state index contributed by atoms with van der Waals surface area (Å²) < 4.78 is 0. The second-order valence-electron chi connectivity index (χ2n) is 6.19. The van der Waals surface area contributed by atoms with Gasteiger partial charge in [0.2, 0.25) is 0 Å². The number of hydrogen-bond acceptors (Lipinski definition) is 2. The van der Waals surface area contributed by atoms with Crippen LogP contribution >= 0.6 is 0 Å². The van der Waals surface area contributed by atoms with Gasteiger partial charge in [0.1, 0.15) is 0 Å². The molecule has 1 atom stereocenters. The summed E-state index contributed by atoms with van der Waals surface area (Å²) >= 11 is 0. The Hall–Kier alpha value is -1.15. The summed E-state index contributed by atoms with van der Waals surface area (Å²) in [6, 6.07) is 10.2. The molecule has 0 saturated heterocycles. The molecule has 0 aliphatic carbocycles. The molecule has 1 aromatic carbocycles. The quantitative estimate of drug-likeness (QED) is 0.809. The second-order valence-corrected chi connectivity index (χ2v) is 6.19. The molecule has 0 saturated carbocycles. The van der Waals surface area contributed by atoms with Crippen molar-refractivity contribution in [3.63, 3.8) is 0 Å². The number of likely N-dealkylation sites (N-methyl/N-ethyl adjacent to an activating group) is 1. The SMILES string of the molecule is CC(C)N(C)[C@H](C(=O)C(C)(C)C)c1ccccc1. The van der Waals surface area contributed by atoms with Crippen LogP contribution in [0.1, 0.15) is 46.2 Å². The van der Waals surface area contributed by atoms with Crippen LogP contribution in [0.2, 0.25) is 0 Å². The molecule has 100 valence electrons. The molecule has 18 heavy (non-hydrogen) atoms. The molecule has 0 spiro atoms. The summed E-state index contributed by atoms with van der Waals surface area (Å²) in [6.07, 6.45) is 0. The van der Waals surface area contributed by atoms with Crippen molar-refractivity contribution in [2.75, 3.05) is 7.05 Å². The Morgan fingerprint density at radius 3 is 2.00 bits per heavy atom. The second kappa shape index (κ2) is 5.66. The predicted molar refractivity (Wildman–Crippen MR) is 76.5 cm³/mol. The van der Waals surface area contributed by atoms with Crippen molar-refractivity contribution in [3.8, 4) is 0 Å². The molecule has 0 fully saturated rings. The van der Waals surface area contributed by atoms with Gasteiger partial charge in [0, 0.05) is 11.5 Å². The third kappa shape index (κ3) is 3.42. The molecule has 0 unspecified atom stereocenters. The molecule has 0 heterocycles. The highest BCUT2D eigenvalue weighted by Gasteiger charge is 2.34. The maximum atomic E-state index is 12.7. The standard InChI is InChI=1S/C16H25NO/c1-12(2)17(6)14(15(18)16(3,4)5)13-10-8-7-9-11-13/h7-12,14H,1-6H3/t14-/m0/s1. The fourth-order valence-electron chi connectivity index (χ4n) is 1.92. The first-order valence-corrected chi connectivity index (χ1v) is 6.56. The van der Waals surface area contributed by atoms with Crippen LogP contribution in [-0.4, -0.2) is 23.8 Å². The zero-order chi connectivity index (χ0) is 13.9. The smallest absolute Gasteiger partial charge is 0.159 e. The van der Waals surface area contributed by atoms with E-state index in [2.05, 4.69) is 18.7 Å². The first-order valence-electron chi connectivity index (χ1n) is 6.56. The molecule has 0 aromatic heterocycles. The van der Waals surface area contributed by atoms with Gasteiger partial charge in [-0.2, -0.15) is 0 Å². The molecule has 2 heteroatoms. The monoisotopic (exact) mass is 247 g/mol. The van der Waals surface area contributed by atoms with Gasteiger partial charge in [0.25, 0.3) is 0 Å². The normalized spacial score (nSPS) is 14.0. The summed E-state index contributed by atoms with van der Waals surface area (Å²) in [5.41, 5.74) is 0.748. The maximum Gasteiger partial charge on any atom is 0.159 e. The Kier molecular flexibility index (Phi) is 4.69. The Morgan fingerprint density at radius 1 is 1.11 bits per heavy atom. The van der Waals surface area contributed by atoms with E-state index in [4.69, 9.17) is 0 Å². The average molecular weight is 247 g/mol. The largest absolute Gasteiger partial charge is 0.297 e. The van der Waals surface area contributed by atoms with E-state index in [9.17, 15) is 4.79 Å². The van der Waals surface area contributed by atoms with Crippen molar-refractivity contribution in [1.82, 2.24) is 4.90 Å².